The highest BCUT2D eigenvalue weighted by Crippen LogP contribution is 2.08. The summed E-state index contributed by atoms with van der Waals surface area (Å²) in [4.78, 5) is 19.9. The summed E-state index contributed by atoms with van der Waals surface area (Å²) >= 11 is 0. The molecule has 0 saturated heterocycles. The van der Waals surface area contributed by atoms with Crippen molar-refractivity contribution in [1.82, 2.24) is 0 Å². The van der Waals surface area contributed by atoms with Crippen LogP contribution in [0, 0.1) is 4.91 Å². The van der Waals surface area contributed by atoms with Gasteiger partial charge in [0.05, 0.1) is 0 Å². The summed E-state index contributed by atoms with van der Waals surface area (Å²) in [5.74, 6) is 0. The Morgan fingerprint density at radius 2 is 2.20 bits per heavy atom. The molecule has 10 heavy (non-hydrogen) atoms. The number of carbonyl (C=O) groups is 1. The van der Waals surface area contributed by atoms with Crippen LogP contribution in [0.1, 0.15) is 13.8 Å². The minimum Gasteiger partial charge on any atom is -0.442 e. The molecule has 0 fully saturated rings. The molecule has 2 N–H and O–H groups in total. The maximum absolute atomic E-state index is 10.1. The molecule has 0 atom stereocenters. The third-order valence-electron chi connectivity index (χ3n) is 0.822. The van der Waals surface area contributed by atoms with Gasteiger partial charge in [0.15, 0.2) is 0 Å². The predicted molar refractivity (Wildman–Crippen MR) is 35.4 cm³/mol. The van der Waals surface area contributed by atoms with E-state index in [1.54, 1.807) is 13.8 Å². The van der Waals surface area contributed by atoms with Gasteiger partial charge in [0.1, 0.15) is 12.1 Å². The summed E-state index contributed by atoms with van der Waals surface area (Å²) in [6.07, 6.45) is -0.895. The molecule has 5 heteroatoms. The fraction of sp³-hybridized carbons (Fsp3) is 0.800. The highest BCUT2D eigenvalue weighted by atomic mass is 16.6. The Balaban J connectivity index is 3.85. The summed E-state index contributed by atoms with van der Waals surface area (Å²) in [5, 5.41) is 2.58. The van der Waals surface area contributed by atoms with Gasteiger partial charge >= 0.3 is 6.09 Å². The van der Waals surface area contributed by atoms with Crippen molar-refractivity contribution in [3.8, 4) is 0 Å². The van der Waals surface area contributed by atoms with E-state index in [0.29, 0.717) is 0 Å². The van der Waals surface area contributed by atoms with E-state index in [1.165, 1.54) is 0 Å². The van der Waals surface area contributed by atoms with Gasteiger partial charge in [-0.3, -0.25) is 0 Å². The number of nitrogens with two attached hydrogens (primary N) is 1. The Hall–Kier alpha value is -1.13. The average molecular weight is 146 g/mol. The highest BCUT2D eigenvalue weighted by Gasteiger charge is 2.21. The first-order valence-electron chi connectivity index (χ1n) is 2.75. The molecule has 1 amide bonds. The first-order valence-corrected chi connectivity index (χ1v) is 2.75. The lowest BCUT2D eigenvalue weighted by molar-refractivity contribution is 0.0524. The normalized spacial score (nSPS) is 10.6. The minimum atomic E-state index is -0.895. The molecule has 0 saturated carbocycles. The molecule has 5 nitrogen and oxygen atoms in total. The van der Waals surface area contributed by atoms with Gasteiger partial charge in [0.25, 0.3) is 0 Å². The molecular formula is C5H10N2O3. The smallest absolute Gasteiger partial charge is 0.405 e. The standard InChI is InChI=1S/C5H10N2O3/c1-5(2,3-7-9)10-4(6)8/h3H2,1-2H3,(H2,6,8). The number of hydrogen-bond acceptors (Lipinski definition) is 4. The van der Waals surface area contributed by atoms with Gasteiger partial charge in [-0.15, -0.1) is 0 Å². The van der Waals surface area contributed by atoms with Crippen LogP contribution in [0.5, 0.6) is 0 Å². The molecule has 0 aliphatic heterocycles. The van der Waals surface area contributed by atoms with Crippen LogP contribution in [-0.4, -0.2) is 18.2 Å². The topological polar surface area (TPSA) is 81.8 Å². The summed E-state index contributed by atoms with van der Waals surface area (Å²) in [6.45, 7) is 3.02. The second-order valence-electron chi connectivity index (χ2n) is 2.47. The van der Waals surface area contributed by atoms with Crippen molar-refractivity contribution in [3.63, 3.8) is 0 Å². The summed E-state index contributed by atoms with van der Waals surface area (Å²) in [7, 11) is 0. The second-order valence-corrected chi connectivity index (χ2v) is 2.47. The van der Waals surface area contributed by atoms with Crippen LogP contribution in [0.2, 0.25) is 0 Å². The number of hydrogen-bond donors (Lipinski definition) is 1. The van der Waals surface area contributed by atoms with Gasteiger partial charge in [0, 0.05) is 0 Å². The van der Waals surface area contributed by atoms with E-state index in [1.807, 2.05) is 0 Å². The Kier molecular flexibility index (Phi) is 2.79. The lowest BCUT2D eigenvalue weighted by Gasteiger charge is -2.19. The van der Waals surface area contributed by atoms with Crippen LogP contribution in [0.4, 0.5) is 4.79 Å². The summed E-state index contributed by atoms with van der Waals surface area (Å²) < 4.78 is 4.52. The summed E-state index contributed by atoms with van der Waals surface area (Å²) in [5.41, 5.74) is 3.82. The van der Waals surface area contributed by atoms with E-state index in [9.17, 15) is 9.70 Å². The first-order chi connectivity index (χ1) is 4.48. The highest BCUT2D eigenvalue weighted by molar-refractivity contribution is 5.65. The van der Waals surface area contributed by atoms with Crippen LogP contribution in [-0.2, 0) is 4.74 Å². The van der Waals surface area contributed by atoms with Crippen molar-refractivity contribution in [1.29, 1.82) is 0 Å². The molecule has 0 radical (unpaired) electrons. The van der Waals surface area contributed by atoms with Crippen molar-refractivity contribution < 1.29 is 9.53 Å². The van der Waals surface area contributed by atoms with Crippen LogP contribution in [0.15, 0.2) is 5.18 Å². The third-order valence-corrected chi connectivity index (χ3v) is 0.822. The van der Waals surface area contributed by atoms with E-state index in [4.69, 9.17) is 5.73 Å². The van der Waals surface area contributed by atoms with Crippen molar-refractivity contribution in [3.05, 3.63) is 4.91 Å². The van der Waals surface area contributed by atoms with Gasteiger partial charge in [-0.05, 0) is 13.8 Å². The maximum atomic E-state index is 10.1. The van der Waals surface area contributed by atoms with Crippen LogP contribution >= 0.6 is 0 Å². The largest absolute Gasteiger partial charge is 0.442 e. The maximum Gasteiger partial charge on any atom is 0.405 e. The molecular weight excluding hydrogens is 136 g/mol. The molecule has 0 rings (SSSR count). The summed E-state index contributed by atoms with van der Waals surface area (Å²) in [6, 6.07) is 0. The lowest BCUT2D eigenvalue weighted by atomic mass is 10.1. The van der Waals surface area contributed by atoms with Crippen LogP contribution < -0.4 is 5.73 Å². The number of carbonyl (C=O) groups excluding carboxylic acids is 1. The third kappa shape index (κ3) is 3.82. The Bertz CT molecular complexity index is 144. The van der Waals surface area contributed by atoms with Crippen LogP contribution in [0.3, 0.4) is 0 Å². The zero-order valence-corrected chi connectivity index (χ0v) is 5.96. The van der Waals surface area contributed by atoms with Crippen LogP contribution in [0.25, 0.3) is 0 Å². The Labute approximate surface area is 58.5 Å². The first kappa shape index (κ1) is 8.87. The lowest BCUT2D eigenvalue weighted by Crippen LogP contribution is -2.33. The van der Waals surface area contributed by atoms with Crippen molar-refractivity contribution >= 4 is 6.09 Å². The Morgan fingerprint density at radius 1 is 1.70 bits per heavy atom. The molecule has 0 aromatic carbocycles. The van der Waals surface area contributed by atoms with Crippen molar-refractivity contribution in [2.45, 2.75) is 19.4 Å². The van der Waals surface area contributed by atoms with Gasteiger partial charge in [-0.1, -0.05) is 5.18 Å². The SMILES string of the molecule is CC(C)(CN=O)OC(N)=O. The zero-order chi connectivity index (χ0) is 8.20. The van der Waals surface area contributed by atoms with Gasteiger partial charge in [0.2, 0.25) is 0 Å². The molecule has 0 unspecified atom stereocenters. The average Bonchev–Trinajstić information content (AvgIpc) is 1.59. The number of nitrogens with zero attached hydrogens (tertiary/aromatic N) is 1. The monoisotopic (exact) mass is 146 g/mol. The molecule has 0 aliphatic rings. The molecule has 58 valence electrons. The molecule has 0 aliphatic carbocycles. The Morgan fingerprint density at radius 3 is 2.50 bits per heavy atom. The molecule has 0 heterocycles. The second kappa shape index (κ2) is 3.14. The quantitative estimate of drug-likeness (QED) is 0.592. The number of nitroso groups, excluding NO2 is 1. The van der Waals surface area contributed by atoms with Crippen molar-refractivity contribution in [2.75, 3.05) is 6.54 Å². The van der Waals surface area contributed by atoms with E-state index in [-0.39, 0.29) is 6.54 Å². The number of ether oxygens (including phenoxy) is 1. The fourth-order valence-electron chi connectivity index (χ4n) is 0.460. The van der Waals surface area contributed by atoms with E-state index >= 15 is 0 Å². The number of primary amides is 1. The van der Waals surface area contributed by atoms with E-state index < -0.39 is 11.7 Å². The molecule has 0 aromatic heterocycles. The van der Waals surface area contributed by atoms with Gasteiger partial charge in [-0.25, -0.2) is 4.79 Å². The number of rotatable bonds is 3. The molecule has 0 aromatic rings. The van der Waals surface area contributed by atoms with Crippen molar-refractivity contribution in [2.24, 2.45) is 10.9 Å². The predicted octanol–water partition coefficient (Wildman–Crippen LogP) is 0.627. The zero-order valence-electron chi connectivity index (χ0n) is 5.96. The van der Waals surface area contributed by atoms with E-state index in [0.717, 1.165) is 0 Å². The van der Waals surface area contributed by atoms with Gasteiger partial charge in [-0.2, -0.15) is 4.91 Å². The molecule has 0 bridgehead atoms. The number of amides is 1. The van der Waals surface area contributed by atoms with E-state index in [2.05, 4.69) is 9.91 Å². The minimum absolute atomic E-state index is 0.0874. The van der Waals surface area contributed by atoms with Gasteiger partial charge < -0.3 is 10.5 Å². The fourth-order valence-corrected chi connectivity index (χ4v) is 0.460. The molecule has 0 spiro atoms.